The van der Waals surface area contributed by atoms with E-state index in [1.54, 1.807) is 0 Å². The van der Waals surface area contributed by atoms with Crippen LogP contribution < -0.4 is 10.6 Å². The van der Waals surface area contributed by atoms with Gasteiger partial charge in [-0.15, -0.1) is 24.0 Å². The fourth-order valence-corrected chi connectivity index (χ4v) is 3.68. The number of nitrogens with zero attached hydrogens (tertiary/aromatic N) is 3. The maximum atomic E-state index is 4.35. The monoisotopic (exact) mass is 433 g/mol. The molecule has 0 saturated heterocycles. The molecular weight excluding hydrogens is 401 g/mol. The first-order chi connectivity index (χ1) is 10.5. The van der Waals surface area contributed by atoms with E-state index in [1.165, 1.54) is 37.7 Å². The molecule has 23 heavy (non-hydrogen) atoms. The van der Waals surface area contributed by atoms with E-state index >= 15 is 0 Å². The van der Waals surface area contributed by atoms with Gasteiger partial charge in [-0.2, -0.15) is 5.10 Å². The van der Waals surface area contributed by atoms with Crippen LogP contribution in [0, 0.1) is 11.3 Å². The van der Waals surface area contributed by atoms with E-state index in [-0.39, 0.29) is 24.0 Å². The summed E-state index contributed by atoms with van der Waals surface area (Å²) < 4.78 is 1.82. The Labute approximate surface area is 157 Å². The molecule has 0 unspecified atom stereocenters. The Morgan fingerprint density at radius 2 is 2.04 bits per heavy atom. The third kappa shape index (κ3) is 6.31. The van der Waals surface area contributed by atoms with Crippen molar-refractivity contribution in [3.63, 3.8) is 0 Å². The highest BCUT2D eigenvalue weighted by Crippen LogP contribution is 2.42. The van der Waals surface area contributed by atoms with Crippen LogP contribution in [-0.2, 0) is 13.6 Å². The van der Waals surface area contributed by atoms with Crippen LogP contribution in [0.3, 0.4) is 0 Å². The summed E-state index contributed by atoms with van der Waals surface area (Å²) >= 11 is 0. The molecule has 132 valence electrons. The van der Waals surface area contributed by atoms with Crippen LogP contribution in [0.15, 0.2) is 17.4 Å². The van der Waals surface area contributed by atoms with Gasteiger partial charge in [-0.05, 0) is 30.6 Å². The molecule has 6 heteroatoms. The molecule has 1 heterocycles. The molecule has 1 aromatic heterocycles. The van der Waals surface area contributed by atoms with Gasteiger partial charge in [0.2, 0.25) is 0 Å². The third-order valence-electron chi connectivity index (χ3n) is 4.58. The average molecular weight is 433 g/mol. The van der Waals surface area contributed by atoms with Crippen molar-refractivity contribution in [1.82, 2.24) is 20.4 Å². The third-order valence-corrected chi connectivity index (χ3v) is 4.58. The number of aryl methyl sites for hydroxylation is 1. The van der Waals surface area contributed by atoms with Crippen molar-refractivity contribution < 1.29 is 0 Å². The van der Waals surface area contributed by atoms with E-state index in [9.17, 15) is 0 Å². The molecule has 1 aromatic rings. The maximum absolute atomic E-state index is 4.35. The Bertz CT molecular complexity index is 489. The first kappa shape index (κ1) is 20.3. The first-order valence-corrected chi connectivity index (χ1v) is 8.45. The van der Waals surface area contributed by atoms with Crippen molar-refractivity contribution in [3.05, 3.63) is 18.0 Å². The number of nitrogens with one attached hydrogen (secondary N) is 2. The number of rotatable bonds is 6. The predicted octanol–water partition coefficient (Wildman–Crippen LogP) is 3.31. The Kier molecular flexibility index (Phi) is 8.36. The number of hydrogen-bond donors (Lipinski definition) is 2. The van der Waals surface area contributed by atoms with Gasteiger partial charge in [-0.1, -0.05) is 26.7 Å². The second kappa shape index (κ2) is 9.49. The molecule has 1 aliphatic rings. The Balaban J connectivity index is 0.00000264. The lowest BCUT2D eigenvalue weighted by molar-refractivity contribution is 0.235. The largest absolute Gasteiger partial charge is 0.356 e. The van der Waals surface area contributed by atoms with Crippen LogP contribution in [-0.4, -0.2) is 29.3 Å². The van der Waals surface area contributed by atoms with Crippen LogP contribution in [0.1, 0.15) is 51.5 Å². The number of aromatic nitrogens is 2. The second-order valence-corrected chi connectivity index (χ2v) is 7.11. The summed E-state index contributed by atoms with van der Waals surface area (Å²) in [6.45, 7) is 6.44. The summed E-state index contributed by atoms with van der Waals surface area (Å²) in [5, 5.41) is 11.1. The molecule has 0 aromatic carbocycles. The number of hydrogen-bond acceptors (Lipinski definition) is 2. The zero-order chi connectivity index (χ0) is 16.0. The van der Waals surface area contributed by atoms with Crippen LogP contribution in [0.4, 0.5) is 0 Å². The lowest BCUT2D eigenvalue weighted by Gasteiger charge is -2.31. The van der Waals surface area contributed by atoms with Crippen molar-refractivity contribution in [2.24, 2.45) is 23.4 Å². The van der Waals surface area contributed by atoms with Gasteiger partial charge >= 0.3 is 0 Å². The Morgan fingerprint density at radius 1 is 1.35 bits per heavy atom. The minimum atomic E-state index is 0. The zero-order valence-electron chi connectivity index (χ0n) is 14.9. The number of halogens is 1. The van der Waals surface area contributed by atoms with Crippen LogP contribution in [0.2, 0.25) is 0 Å². The molecule has 1 saturated carbocycles. The number of aliphatic imine (C=N–C) groups is 1. The van der Waals surface area contributed by atoms with Crippen molar-refractivity contribution in [2.75, 3.05) is 13.6 Å². The Hall–Kier alpha value is -0.790. The van der Waals surface area contributed by atoms with Gasteiger partial charge in [0.1, 0.15) is 0 Å². The molecule has 2 N–H and O–H groups in total. The minimum Gasteiger partial charge on any atom is -0.356 e. The summed E-state index contributed by atoms with van der Waals surface area (Å²) in [6, 6.07) is 0. The SMILES string of the molecule is CN=C(NCc1cnn(C)c1)NCC1(CC(C)C)CCCC1.I. The summed E-state index contributed by atoms with van der Waals surface area (Å²) in [7, 11) is 3.77. The summed E-state index contributed by atoms with van der Waals surface area (Å²) in [5.41, 5.74) is 1.63. The molecule has 0 spiro atoms. The summed E-state index contributed by atoms with van der Waals surface area (Å²) in [6.07, 6.45) is 10.6. The van der Waals surface area contributed by atoms with E-state index in [4.69, 9.17) is 0 Å². The molecule has 1 fully saturated rings. The lowest BCUT2D eigenvalue weighted by Crippen LogP contribution is -2.43. The van der Waals surface area contributed by atoms with E-state index < -0.39 is 0 Å². The van der Waals surface area contributed by atoms with Crippen LogP contribution in [0.5, 0.6) is 0 Å². The fraction of sp³-hybridized carbons (Fsp3) is 0.765. The molecule has 2 rings (SSSR count). The molecule has 1 aliphatic carbocycles. The normalized spacial score (nSPS) is 17.2. The van der Waals surface area contributed by atoms with Gasteiger partial charge in [0.05, 0.1) is 6.20 Å². The molecule has 0 radical (unpaired) electrons. The van der Waals surface area contributed by atoms with Crippen molar-refractivity contribution >= 4 is 29.9 Å². The van der Waals surface area contributed by atoms with Crippen LogP contribution >= 0.6 is 24.0 Å². The van der Waals surface area contributed by atoms with Gasteiger partial charge in [-0.25, -0.2) is 0 Å². The topological polar surface area (TPSA) is 54.2 Å². The van der Waals surface area contributed by atoms with Crippen molar-refractivity contribution in [3.8, 4) is 0 Å². The molecule has 0 aliphatic heterocycles. The van der Waals surface area contributed by atoms with E-state index in [2.05, 4.69) is 34.6 Å². The predicted molar refractivity (Wildman–Crippen MR) is 107 cm³/mol. The molecule has 0 atom stereocenters. The molecule has 5 nitrogen and oxygen atoms in total. The zero-order valence-corrected chi connectivity index (χ0v) is 17.3. The second-order valence-electron chi connectivity index (χ2n) is 7.11. The van der Waals surface area contributed by atoms with E-state index in [0.29, 0.717) is 5.41 Å². The summed E-state index contributed by atoms with van der Waals surface area (Å²) in [5.74, 6) is 1.64. The standard InChI is InChI=1S/C17H31N5.HI/c1-14(2)9-17(7-5-6-8-17)13-20-16(18-3)19-10-15-11-21-22(4)12-15;/h11-12,14H,5-10,13H2,1-4H3,(H2,18,19,20);1H. The lowest BCUT2D eigenvalue weighted by atomic mass is 9.78. The highest BCUT2D eigenvalue weighted by molar-refractivity contribution is 14.0. The molecule has 0 amide bonds. The molecule has 0 bridgehead atoms. The molecular formula is C17H32IN5. The van der Waals surface area contributed by atoms with Gasteiger partial charge < -0.3 is 10.6 Å². The smallest absolute Gasteiger partial charge is 0.191 e. The van der Waals surface area contributed by atoms with Crippen LogP contribution in [0.25, 0.3) is 0 Å². The first-order valence-electron chi connectivity index (χ1n) is 8.45. The average Bonchev–Trinajstić information content (AvgIpc) is 3.08. The highest BCUT2D eigenvalue weighted by atomic mass is 127. The summed E-state index contributed by atoms with van der Waals surface area (Å²) in [4.78, 5) is 4.35. The van der Waals surface area contributed by atoms with Gasteiger partial charge in [0.15, 0.2) is 5.96 Å². The van der Waals surface area contributed by atoms with Gasteiger partial charge in [0.25, 0.3) is 0 Å². The van der Waals surface area contributed by atoms with Gasteiger partial charge in [-0.3, -0.25) is 9.67 Å². The van der Waals surface area contributed by atoms with Crippen molar-refractivity contribution in [1.29, 1.82) is 0 Å². The van der Waals surface area contributed by atoms with Crippen molar-refractivity contribution in [2.45, 2.75) is 52.5 Å². The minimum absolute atomic E-state index is 0. The Morgan fingerprint density at radius 3 is 2.57 bits per heavy atom. The van der Waals surface area contributed by atoms with E-state index in [1.807, 2.05) is 31.2 Å². The number of guanidine groups is 1. The maximum Gasteiger partial charge on any atom is 0.191 e. The van der Waals surface area contributed by atoms with Gasteiger partial charge in [0, 0.05) is 38.9 Å². The highest BCUT2D eigenvalue weighted by Gasteiger charge is 2.34. The van der Waals surface area contributed by atoms with E-state index in [0.717, 1.165) is 25.0 Å². The fourth-order valence-electron chi connectivity index (χ4n) is 3.68. The quantitative estimate of drug-likeness (QED) is 0.411.